The molecule has 0 bridgehead atoms. The Morgan fingerprint density at radius 3 is 2.80 bits per heavy atom. The normalized spacial score (nSPS) is 25.1. The molecule has 0 N–H and O–H groups in total. The van der Waals surface area contributed by atoms with Crippen LogP contribution in [0.4, 0.5) is 8.78 Å². The Balaban J connectivity index is 2.04. The third kappa shape index (κ3) is 1.77. The Morgan fingerprint density at radius 1 is 1.45 bits per heavy atom. The van der Waals surface area contributed by atoms with Gasteiger partial charge in [0.25, 0.3) is 0 Å². The van der Waals surface area contributed by atoms with E-state index >= 15 is 0 Å². The molecule has 20 heavy (non-hydrogen) atoms. The fourth-order valence-electron chi connectivity index (χ4n) is 2.42. The number of carbonyl (C=O) groups excluding carboxylic acids is 1. The largest absolute Gasteiger partial charge is 0.451 e. The molecule has 3 rings (SSSR count). The summed E-state index contributed by atoms with van der Waals surface area (Å²) in [5, 5.41) is 3.93. The van der Waals surface area contributed by atoms with Crippen LogP contribution in [0.5, 0.6) is 0 Å². The van der Waals surface area contributed by atoms with Gasteiger partial charge in [0.1, 0.15) is 30.2 Å². The van der Waals surface area contributed by atoms with Crippen molar-refractivity contribution in [2.45, 2.75) is 19.1 Å². The maximum absolute atomic E-state index is 14.0. The highest BCUT2D eigenvalue weighted by atomic mass is 19.1. The quantitative estimate of drug-likeness (QED) is 0.802. The van der Waals surface area contributed by atoms with Crippen LogP contribution in [0.3, 0.4) is 0 Å². The molecule has 1 aromatic heterocycles. The van der Waals surface area contributed by atoms with E-state index in [2.05, 4.69) is 10.1 Å². The molecule has 1 fully saturated rings. The van der Waals surface area contributed by atoms with Crippen molar-refractivity contribution in [3.63, 3.8) is 0 Å². The van der Waals surface area contributed by atoms with E-state index in [1.807, 2.05) is 0 Å². The van der Waals surface area contributed by atoms with Crippen molar-refractivity contribution in [2.24, 2.45) is 5.92 Å². The third-order valence-electron chi connectivity index (χ3n) is 3.59. The molecule has 0 radical (unpaired) electrons. The lowest BCUT2D eigenvalue weighted by molar-refractivity contribution is -0.219. The molecule has 1 unspecified atom stereocenters. The Morgan fingerprint density at radius 2 is 2.25 bits per heavy atom. The molecule has 1 aliphatic rings. The molecular formula is C13H11F2N3O2. The second-order valence-electron chi connectivity index (χ2n) is 4.75. The highest BCUT2D eigenvalue weighted by molar-refractivity contribution is 5.80. The predicted octanol–water partition coefficient (Wildman–Crippen LogP) is 1.64. The van der Waals surface area contributed by atoms with Crippen LogP contribution >= 0.6 is 0 Å². The molecule has 0 saturated carbocycles. The van der Waals surface area contributed by atoms with Crippen molar-refractivity contribution in [1.29, 1.82) is 0 Å². The number of hydrogen-bond donors (Lipinski definition) is 0. The number of esters is 1. The first-order chi connectivity index (χ1) is 9.53. The minimum Gasteiger partial charge on any atom is -0.451 e. The first-order valence-corrected chi connectivity index (χ1v) is 6.04. The maximum atomic E-state index is 14.0. The van der Waals surface area contributed by atoms with Crippen molar-refractivity contribution in [3.05, 3.63) is 48.1 Å². The molecule has 2 heterocycles. The fourth-order valence-corrected chi connectivity index (χ4v) is 2.42. The van der Waals surface area contributed by atoms with Gasteiger partial charge in [0.2, 0.25) is 0 Å². The molecule has 1 saturated heterocycles. The van der Waals surface area contributed by atoms with Crippen LogP contribution < -0.4 is 0 Å². The molecule has 0 aliphatic carbocycles. The number of nitrogens with zero attached hydrogens (tertiary/aromatic N) is 3. The Hall–Kier alpha value is -2.31. The SMILES string of the molecule is CC1C(=O)O[C@@]1(Cn1cncn1)c1ccc(F)cc1F. The van der Waals surface area contributed by atoms with Crippen LogP contribution in [-0.2, 0) is 21.7 Å². The van der Waals surface area contributed by atoms with Crippen LogP contribution in [0.25, 0.3) is 0 Å². The van der Waals surface area contributed by atoms with E-state index in [1.165, 1.54) is 23.4 Å². The molecule has 2 aromatic rings. The van der Waals surface area contributed by atoms with Gasteiger partial charge in [0.15, 0.2) is 5.60 Å². The van der Waals surface area contributed by atoms with Gasteiger partial charge in [0.05, 0.1) is 6.54 Å². The zero-order chi connectivity index (χ0) is 14.3. The molecule has 0 amide bonds. The Labute approximate surface area is 113 Å². The summed E-state index contributed by atoms with van der Waals surface area (Å²) >= 11 is 0. The summed E-state index contributed by atoms with van der Waals surface area (Å²) in [6, 6.07) is 3.21. The van der Waals surface area contributed by atoms with Gasteiger partial charge in [-0.05, 0) is 19.1 Å². The van der Waals surface area contributed by atoms with Crippen LogP contribution in [-0.4, -0.2) is 20.7 Å². The first kappa shape index (κ1) is 12.7. The van der Waals surface area contributed by atoms with Crippen LogP contribution in [0.2, 0.25) is 0 Å². The average Bonchev–Trinajstić information content (AvgIpc) is 2.90. The maximum Gasteiger partial charge on any atom is 0.314 e. The van der Waals surface area contributed by atoms with E-state index < -0.39 is 29.1 Å². The molecule has 1 aliphatic heterocycles. The zero-order valence-corrected chi connectivity index (χ0v) is 10.6. The predicted molar refractivity (Wildman–Crippen MR) is 63.3 cm³/mol. The van der Waals surface area contributed by atoms with Gasteiger partial charge in [-0.2, -0.15) is 5.10 Å². The highest BCUT2D eigenvalue weighted by Crippen LogP contribution is 2.45. The summed E-state index contributed by atoms with van der Waals surface area (Å²) in [4.78, 5) is 15.3. The molecule has 2 atom stereocenters. The lowest BCUT2D eigenvalue weighted by Crippen LogP contribution is -2.56. The number of halogens is 2. The highest BCUT2D eigenvalue weighted by Gasteiger charge is 2.56. The monoisotopic (exact) mass is 279 g/mol. The smallest absolute Gasteiger partial charge is 0.314 e. The van der Waals surface area contributed by atoms with Gasteiger partial charge in [-0.25, -0.2) is 18.4 Å². The average molecular weight is 279 g/mol. The van der Waals surface area contributed by atoms with Crippen molar-refractivity contribution in [1.82, 2.24) is 14.8 Å². The molecule has 0 spiro atoms. The second-order valence-corrected chi connectivity index (χ2v) is 4.75. The summed E-state index contributed by atoms with van der Waals surface area (Å²) < 4.78 is 33.7. The summed E-state index contributed by atoms with van der Waals surface area (Å²) in [5.41, 5.74) is -1.04. The van der Waals surface area contributed by atoms with E-state index in [0.717, 1.165) is 12.1 Å². The summed E-state index contributed by atoms with van der Waals surface area (Å²) in [6.07, 6.45) is 2.78. The van der Waals surface area contributed by atoms with Crippen molar-refractivity contribution < 1.29 is 18.3 Å². The van der Waals surface area contributed by atoms with Gasteiger partial charge < -0.3 is 4.74 Å². The van der Waals surface area contributed by atoms with E-state index in [4.69, 9.17) is 4.74 Å². The van der Waals surface area contributed by atoms with Gasteiger partial charge in [-0.1, -0.05) is 0 Å². The summed E-state index contributed by atoms with van der Waals surface area (Å²) in [7, 11) is 0. The topological polar surface area (TPSA) is 57.0 Å². The van der Waals surface area contributed by atoms with Crippen molar-refractivity contribution >= 4 is 5.97 Å². The minimum atomic E-state index is -1.18. The van der Waals surface area contributed by atoms with Gasteiger partial charge in [0, 0.05) is 11.6 Å². The fraction of sp³-hybridized carbons (Fsp3) is 0.308. The van der Waals surface area contributed by atoms with Gasteiger partial charge in [-0.15, -0.1) is 0 Å². The molecule has 7 heteroatoms. The number of hydrogen-bond acceptors (Lipinski definition) is 4. The summed E-state index contributed by atoms with van der Waals surface area (Å²) in [5.74, 6) is -2.40. The number of benzene rings is 1. The Bertz CT molecular complexity index is 660. The zero-order valence-electron chi connectivity index (χ0n) is 10.6. The third-order valence-corrected chi connectivity index (χ3v) is 3.59. The van der Waals surface area contributed by atoms with E-state index in [1.54, 1.807) is 6.92 Å². The van der Waals surface area contributed by atoms with Crippen molar-refractivity contribution in [3.8, 4) is 0 Å². The van der Waals surface area contributed by atoms with Crippen molar-refractivity contribution in [2.75, 3.05) is 0 Å². The van der Waals surface area contributed by atoms with Gasteiger partial charge in [-0.3, -0.25) is 4.79 Å². The van der Waals surface area contributed by atoms with Gasteiger partial charge >= 0.3 is 5.97 Å². The minimum absolute atomic E-state index is 0.127. The Kier molecular flexibility index (Phi) is 2.77. The first-order valence-electron chi connectivity index (χ1n) is 6.04. The number of cyclic esters (lactones) is 1. The van der Waals surface area contributed by atoms with Crippen LogP contribution in [0.1, 0.15) is 12.5 Å². The van der Waals surface area contributed by atoms with Crippen LogP contribution in [0.15, 0.2) is 30.9 Å². The van der Waals surface area contributed by atoms with Crippen LogP contribution in [0, 0.1) is 17.6 Å². The van der Waals surface area contributed by atoms with E-state index in [9.17, 15) is 13.6 Å². The molecule has 104 valence electrons. The molecular weight excluding hydrogens is 268 g/mol. The lowest BCUT2D eigenvalue weighted by atomic mass is 9.77. The molecule has 1 aromatic carbocycles. The second kappa shape index (κ2) is 4.36. The standard InChI is InChI=1S/C13H11F2N3O2/c1-8-12(19)20-13(8,5-18-7-16-6-17-18)10-3-2-9(14)4-11(10)15/h2-4,6-8H,5H2,1H3/t8?,13-/m1/s1. The number of aromatic nitrogens is 3. The number of carbonyl (C=O) groups is 1. The lowest BCUT2D eigenvalue weighted by Gasteiger charge is -2.46. The number of ether oxygens (including phenoxy) is 1. The van der Waals surface area contributed by atoms with E-state index in [-0.39, 0.29) is 12.1 Å². The molecule has 5 nitrogen and oxygen atoms in total. The summed E-state index contributed by atoms with van der Waals surface area (Å²) in [6.45, 7) is 1.77. The van der Waals surface area contributed by atoms with E-state index in [0.29, 0.717) is 0 Å². The number of rotatable bonds is 3.